The molecule has 0 amide bonds. The number of aliphatic imine (C=N–C) groups is 1. The average molecular weight is 245 g/mol. The van der Waals surface area contributed by atoms with Crippen LogP contribution in [-0.2, 0) is 6.54 Å². The Hall–Kier alpha value is -2.30. The zero-order valence-corrected chi connectivity index (χ0v) is 10.4. The number of rotatable bonds is 4. The van der Waals surface area contributed by atoms with Crippen molar-refractivity contribution in [1.82, 2.24) is 4.57 Å². The van der Waals surface area contributed by atoms with E-state index in [1.165, 1.54) is 12.5 Å². The van der Waals surface area contributed by atoms with Crippen molar-refractivity contribution in [2.24, 2.45) is 4.99 Å². The van der Waals surface area contributed by atoms with Gasteiger partial charge in [0.2, 0.25) is 6.33 Å². The van der Waals surface area contributed by atoms with Crippen molar-refractivity contribution in [2.75, 3.05) is 14.2 Å². The highest BCUT2D eigenvalue weighted by Gasteiger charge is 2.07. The molecule has 0 radical (unpaired) electrons. The highest BCUT2D eigenvalue weighted by molar-refractivity contribution is 6.00. The molecule has 2 aromatic rings. The van der Waals surface area contributed by atoms with Crippen LogP contribution in [0.3, 0.4) is 0 Å². The van der Waals surface area contributed by atoms with E-state index in [1.807, 2.05) is 24.3 Å². The smallest absolute Gasteiger partial charge is 0.247 e. The van der Waals surface area contributed by atoms with Crippen LogP contribution in [0.1, 0.15) is 5.56 Å². The van der Waals surface area contributed by atoms with E-state index in [4.69, 9.17) is 4.74 Å². The molecule has 2 rings (SSSR count). The molecule has 0 N–H and O–H groups in total. The van der Waals surface area contributed by atoms with Gasteiger partial charge in [0, 0.05) is 7.05 Å². The molecule has 1 aromatic carbocycles. The van der Waals surface area contributed by atoms with Gasteiger partial charge in [-0.3, -0.25) is 4.99 Å². The Balaban J connectivity index is 2.18. The second-order valence-electron chi connectivity index (χ2n) is 3.84. The predicted molar refractivity (Wildman–Crippen MR) is 68.8 cm³/mol. The van der Waals surface area contributed by atoms with Gasteiger partial charge in [0.05, 0.1) is 12.8 Å². The van der Waals surface area contributed by atoms with Gasteiger partial charge < -0.3 is 9.94 Å². The molecule has 0 atom stereocenters. The molecule has 0 bridgehead atoms. The maximum absolute atomic E-state index is 11.0. The Morgan fingerprint density at radius 3 is 2.61 bits per heavy atom. The maximum Gasteiger partial charge on any atom is 0.247 e. The van der Waals surface area contributed by atoms with Crippen molar-refractivity contribution < 1.29 is 9.47 Å². The predicted octanol–water partition coefficient (Wildman–Crippen LogP) is 1.25. The summed E-state index contributed by atoms with van der Waals surface area (Å²) in [6.45, 7) is 0.568. The molecule has 0 saturated heterocycles. The first-order chi connectivity index (χ1) is 8.72. The number of benzene rings is 1. The minimum atomic E-state index is 0.568. The van der Waals surface area contributed by atoms with E-state index in [1.54, 1.807) is 24.9 Å². The van der Waals surface area contributed by atoms with E-state index in [0.717, 1.165) is 21.8 Å². The van der Waals surface area contributed by atoms with E-state index in [0.29, 0.717) is 6.54 Å². The summed E-state index contributed by atoms with van der Waals surface area (Å²) < 4.78 is 7.67. The van der Waals surface area contributed by atoms with E-state index in [2.05, 4.69) is 4.99 Å². The Morgan fingerprint density at radius 2 is 2.11 bits per heavy atom. The number of ether oxygens (including phenoxy) is 1. The van der Waals surface area contributed by atoms with Crippen molar-refractivity contribution in [3.05, 3.63) is 53.8 Å². The van der Waals surface area contributed by atoms with Crippen molar-refractivity contribution in [2.45, 2.75) is 6.54 Å². The quantitative estimate of drug-likeness (QED) is 0.462. The molecule has 18 heavy (non-hydrogen) atoms. The summed E-state index contributed by atoms with van der Waals surface area (Å²) in [6, 6.07) is 7.69. The van der Waals surface area contributed by atoms with Gasteiger partial charge in [0.15, 0.2) is 0 Å². The van der Waals surface area contributed by atoms with E-state index < -0.39 is 0 Å². The van der Waals surface area contributed by atoms with Gasteiger partial charge in [-0.25, -0.2) is 9.30 Å². The second kappa shape index (κ2) is 5.35. The Kier molecular flexibility index (Phi) is 3.62. The normalized spacial score (nSPS) is 11.6. The average Bonchev–Trinajstić information content (AvgIpc) is 2.82. The molecule has 0 aliphatic heterocycles. The maximum atomic E-state index is 11.0. The van der Waals surface area contributed by atoms with Gasteiger partial charge in [0.25, 0.3) is 0 Å². The largest absolute Gasteiger partial charge is 0.711 e. The lowest BCUT2D eigenvalue weighted by Crippen LogP contribution is -2.22. The Morgan fingerprint density at radius 1 is 1.39 bits per heavy atom. The summed E-state index contributed by atoms with van der Waals surface area (Å²) >= 11 is 0. The van der Waals surface area contributed by atoms with Crippen LogP contribution in [0.5, 0.6) is 5.75 Å². The SMILES string of the molecule is CN=C(Cn1cc[n+]([O-])c1)c1ccc(OC)cc1. The second-order valence-corrected chi connectivity index (χ2v) is 3.84. The molecule has 0 saturated carbocycles. The number of methoxy groups -OCH3 is 1. The van der Waals surface area contributed by atoms with Gasteiger partial charge in [0.1, 0.15) is 24.7 Å². The van der Waals surface area contributed by atoms with Crippen molar-refractivity contribution in [1.29, 1.82) is 0 Å². The molecule has 0 aliphatic carbocycles. The van der Waals surface area contributed by atoms with Gasteiger partial charge in [-0.2, -0.15) is 0 Å². The van der Waals surface area contributed by atoms with E-state index in [-0.39, 0.29) is 0 Å². The van der Waals surface area contributed by atoms with Gasteiger partial charge in [-0.1, -0.05) is 0 Å². The first-order valence-corrected chi connectivity index (χ1v) is 5.57. The molecule has 1 heterocycles. The molecule has 94 valence electrons. The topological polar surface area (TPSA) is 53.5 Å². The summed E-state index contributed by atoms with van der Waals surface area (Å²) in [7, 11) is 3.38. The third-order valence-corrected chi connectivity index (χ3v) is 2.69. The number of imidazole rings is 1. The number of nitrogens with zero attached hydrogens (tertiary/aromatic N) is 3. The monoisotopic (exact) mass is 245 g/mol. The lowest BCUT2D eigenvalue weighted by molar-refractivity contribution is -0.604. The molecular formula is C13H15N3O2. The van der Waals surface area contributed by atoms with Crippen LogP contribution in [0.15, 0.2) is 48.0 Å². The van der Waals surface area contributed by atoms with Crippen LogP contribution in [-0.4, -0.2) is 24.4 Å². The zero-order chi connectivity index (χ0) is 13.0. The molecule has 5 nitrogen and oxygen atoms in total. The van der Waals surface area contributed by atoms with Crippen LogP contribution in [0.4, 0.5) is 0 Å². The lowest BCUT2D eigenvalue weighted by Gasteiger charge is -2.05. The summed E-state index contributed by atoms with van der Waals surface area (Å²) in [5, 5.41) is 11.0. The third-order valence-electron chi connectivity index (χ3n) is 2.69. The molecule has 0 spiro atoms. The fourth-order valence-electron chi connectivity index (χ4n) is 1.72. The molecule has 1 aromatic heterocycles. The van der Waals surface area contributed by atoms with Gasteiger partial charge in [-0.15, -0.1) is 0 Å². The van der Waals surface area contributed by atoms with Crippen molar-refractivity contribution >= 4 is 5.71 Å². The minimum absolute atomic E-state index is 0.568. The van der Waals surface area contributed by atoms with Crippen LogP contribution < -0.4 is 9.47 Å². The first kappa shape index (κ1) is 12.2. The number of hydrogen-bond donors (Lipinski definition) is 0. The van der Waals surface area contributed by atoms with E-state index in [9.17, 15) is 5.21 Å². The number of aromatic nitrogens is 2. The van der Waals surface area contributed by atoms with E-state index >= 15 is 0 Å². The molecular weight excluding hydrogens is 230 g/mol. The molecule has 0 fully saturated rings. The van der Waals surface area contributed by atoms with Crippen LogP contribution in [0.25, 0.3) is 0 Å². The molecule has 0 aliphatic rings. The minimum Gasteiger partial charge on any atom is -0.711 e. The summed E-state index contributed by atoms with van der Waals surface area (Å²) in [6.07, 6.45) is 4.66. The summed E-state index contributed by atoms with van der Waals surface area (Å²) in [5.41, 5.74) is 1.93. The standard InChI is InChI=1S/C13H15N3O2/c1-14-13(9-15-7-8-16(17)10-15)11-3-5-12(18-2)6-4-11/h3-8,10H,9H2,1-2H3. The molecule has 5 heteroatoms. The Labute approximate surface area is 106 Å². The first-order valence-electron chi connectivity index (χ1n) is 5.57. The van der Waals surface area contributed by atoms with Crippen molar-refractivity contribution in [3.63, 3.8) is 0 Å². The van der Waals surface area contributed by atoms with Crippen LogP contribution in [0, 0.1) is 5.21 Å². The van der Waals surface area contributed by atoms with Crippen molar-refractivity contribution in [3.8, 4) is 5.75 Å². The van der Waals surface area contributed by atoms with Crippen LogP contribution >= 0.6 is 0 Å². The summed E-state index contributed by atoms with van der Waals surface area (Å²) in [5.74, 6) is 0.813. The lowest BCUT2D eigenvalue weighted by atomic mass is 10.1. The zero-order valence-electron chi connectivity index (χ0n) is 10.4. The highest BCUT2D eigenvalue weighted by atomic mass is 16.5. The Bertz CT molecular complexity index is 544. The fourth-order valence-corrected chi connectivity index (χ4v) is 1.72. The van der Waals surface area contributed by atoms with Gasteiger partial charge >= 0.3 is 0 Å². The number of hydrogen-bond acceptors (Lipinski definition) is 3. The van der Waals surface area contributed by atoms with Gasteiger partial charge in [-0.05, 0) is 29.8 Å². The third kappa shape index (κ3) is 2.68. The molecule has 0 unspecified atom stereocenters. The fraction of sp³-hybridized carbons (Fsp3) is 0.231. The summed E-state index contributed by atoms with van der Waals surface area (Å²) in [4.78, 5) is 4.26. The van der Waals surface area contributed by atoms with Crippen LogP contribution in [0.2, 0.25) is 0 Å². The highest BCUT2D eigenvalue weighted by Crippen LogP contribution is 2.12.